The third-order valence-electron chi connectivity index (χ3n) is 1.84. The van der Waals surface area contributed by atoms with Crippen LogP contribution in [0.15, 0.2) is 23.8 Å². The summed E-state index contributed by atoms with van der Waals surface area (Å²) in [7, 11) is 0. The molecule has 0 saturated heterocycles. The summed E-state index contributed by atoms with van der Waals surface area (Å²) in [4.78, 5) is 0. The third kappa shape index (κ3) is 1.70. The van der Waals surface area contributed by atoms with E-state index in [1.807, 2.05) is 0 Å². The first kappa shape index (κ1) is 6.60. The van der Waals surface area contributed by atoms with Crippen LogP contribution in [0.2, 0.25) is 0 Å². The molecule has 0 fully saturated rings. The van der Waals surface area contributed by atoms with Crippen LogP contribution < -0.4 is 0 Å². The lowest BCUT2D eigenvalue weighted by Gasteiger charge is -2.11. The van der Waals surface area contributed by atoms with Gasteiger partial charge in [-0.15, -0.1) is 0 Å². The molecule has 0 aromatic carbocycles. The van der Waals surface area contributed by atoms with E-state index in [2.05, 4.69) is 32.1 Å². The van der Waals surface area contributed by atoms with E-state index in [0.717, 1.165) is 5.92 Å². The van der Waals surface area contributed by atoms with Crippen molar-refractivity contribution in [2.24, 2.45) is 5.92 Å². The van der Waals surface area contributed by atoms with Crippen molar-refractivity contribution in [2.75, 3.05) is 0 Å². The van der Waals surface area contributed by atoms with Gasteiger partial charge in [0.05, 0.1) is 0 Å². The molecule has 0 radical (unpaired) electrons. The fourth-order valence-electron chi connectivity index (χ4n) is 1.21. The van der Waals surface area contributed by atoms with E-state index in [-0.39, 0.29) is 0 Å². The standard InChI is InChI=1S/C9H14/c1-3-9-6-4-5-8(2)7-9/h4-5,7,9H,3,6H2,1-2H3/t9-/m0/s1. The van der Waals surface area contributed by atoms with Crippen molar-refractivity contribution < 1.29 is 0 Å². The minimum absolute atomic E-state index is 0.815. The highest BCUT2D eigenvalue weighted by Crippen LogP contribution is 2.18. The molecule has 0 aromatic rings. The van der Waals surface area contributed by atoms with Crippen LogP contribution in [0.3, 0.4) is 0 Å². The van der Waals surface area contributed by atoms with E-state index in [0.29, 0.717) is 0 Å². The summed E-state index contributed by atoms with van der Waals surface area (Å²) >= 11 is 0. The van der Waals surface area contributed by atoms with Crippen molar-refractivity contribution in [3.05, 3.63) is 23.8 Å². The van der Waals surface area contributed by atoms with Gasteiger partial charge in [0.1, 0.15) is 0 Å². The van der Waals surface area contributed by atoms with Gasteiger partial charge in [-0.05, 0) is 25.7 Å². The molecule has 0 nitrogen and oxygen atoms in total. The van der Waals surface area contributed by atoms with Crippen LogP contribution in [0.5, 0.6) is 0 Å². The highest BCUT2D eigenvalue weighted by atomic mass is 14.1. The maximum atomic E-state index is 2.36. The van der Waals surface area contributed by atoms with E-state index in [9.17, 15) is 0 Å². The summed E-state index contributed by atoms with van der Waals surface area (Å²) in [5.41, 5.74) is 1.42. The van der Waals surface area contributed by atoms with Crippen LogP contribution in [0.4, 0.5) is 0 Å². The maximum absolute atomic E-state index is 2.36. The number of allylic oxidation sites excluding steroid dienone is 4. The molecule has 0 aromatic heterocycles. The predicted molar refractivity (Wildman–Crippen MR) is 41.3 cm³/mol. The lowest BCUT2D eigenvalue weighted by atomic mass is 9.95. The molecule has 9 heavy (non-hydrogen) atoms. The third-order valence-corrected chi connectivity index (χ3v) is 1.84. The maximum Gasteiger partial charge on any atom is -0.0196 e. The molecule has 0 amide bonds. The van der Waals surface area contributed by atoms with Gasteiger partial charge in [-0.3, -0.25) is 0 Å². The SMILES string of the molecule is CC[C@@H]1C=C(C)C=CC1. The zero-order chi connectivity index (χ0) is 6.69. The Bertz CT molecular complexity index is 140. The van der Waals surface area contributed by atoms with Crippen molar-refractivity contribution in [1.82, 2.24) is 0 Å². The highest BCUT2D eigenvalue weighted by Gasteiger charge is 2.02. The van der Waals surface area contributed by atoms with Gasteiger partial charge in [-0.1, -0.05) is 30.7 Å². The molecule has 1 aliphatic rings. The second-order valence-corrected chi connectivity index (χ2v) is 2.72. The first-order chi connectivity index (χ1) is 4.33. The van der Waals surface area contributed by atoms with Crippen LogP contribution in [-0.4, -0.2) is 0 Å². The second kappa shape index (κ2) is 2.86. The van der Waals surface area contributed by atoms with Crippen LogP contribution in [0.25, 0.3) is 0 Å². The molecule has 0 spiro atoms. The van der Waals surface area contributed by atoms with Gasteiger partial charge >= 0.3 is 0 Å². The molecule has 0 heteroatoms. The average Bonchev–Trinajstić information content (AvgIpc) is 1.88. The normalized spacial score (nSPS) is 26.0. The van der Waals surface area contributed by atoms with Crippen molar-refractivity contribution in [1.29, 1.82) is 0 Å². The van der Waals surface area contributed by atoms with Gasteiger partial charge in [0.25, 0.3) is 0 Å². The van der Waals surface area contributed by atoms with E-state index in [1.165, 1.54) is 18.4 Å². The van der Waals surface area contributed by atoms with Crippen molar-refractivity contribution >= 4 is 0 Å². The molecule has 0 saturated carbocycles. The Hall–Kier alpha value is -0.520. The lowest BCUT2D eigenvalue weighted by molar-refractivity contribution is 0.628. The Labute approximate surface area is 57.3 Å². The Kier molecular flexibility index (Phi) is 2.10. The highest BCUT2D eigenvalue weighted by molar-refractivity contribution is 5.21. The van der Waals surface area contributed by atoms with Crippen LogP contribution in [-0.2, 0) is 0 Å². The lowest BCUT2D eigenvalue weighted by Crippen LogP contribution is -1.96. The van der Waals surface area contributed by atoms with E-state index in [4.69, 9.17) is 0 Å². The fourth-order valence-corrected chi connectivity index (χ4v) is 1.21. The summed E-state index contributed by atoms with van der Waals surface area (Å²) in [6.45, 7) is 4.41. The number of hydrogen-bond donors (Lipinski definition) is 0. The van der Waals surface area contributed by atoms with Crippen LogP contribution >= 0.6 is 0 Å². The quantitative estimate of drug-likeness (QED) is 0.501. The Morgan fingerprint density at radius 2 is 2.44 bits per heavy atom. The molecule has 1 atom stereocenters. The van der Waals surface area contributed by atoms with Crippen LogP contribution in [0, 0.1) is 5.92 Å². The summed E-state index contributed by atoms with van der Waals surface area (Å²) < 4.78 is 0. The zero-order valence-corrected chi connectivity index (χ0v) is 6.22. The second-order valence-electron chi connectivity index (χ2n) is 2.72. The minimum Gasteiger partial charge on any atom is -0.0837 e. The molecule has 0 aliphatic heterocycles. The Morgan fingerprint density at radius 3 is 2.89 bits per heavy atom. The molecular formula is C9H14. The topological polar surface area (TPSA) is 0 Å². The van der Waals surface area contributed by atoms with E-state index < -0.39 is 0 Å². The average molecular weight is 122 g/mol. The van der Waals surface area contributed by atoms with Crippen molar-refractivity contribution in [3.63, 3.8) is 0 Å². The van der Waals surface area contributed by atoms with Gasteiger partial charge in [0.15, 0.2) is 0 Å². The van der Waals surface area contributed by atoms with Crippen molar-refractivity contribution in [3.8, 4) is 0 Å². The summed E-state index contributed by atoms with van der Waals surface area (Å²) in [5.74, 6) is 0.815. The van der Waals surface area contributed by atoms with Gasteiger partial charge in [0, 0.05) is 0 Å². The first-order valence-corrected chi connectivity index (χ1v) is 3.68. The zero-order valence-electron chi connectivity index (χ0n) is 6.22. The van der Waals surface area contributed by atoms with Gasteiger partial charge in [0.2, 0.25) is 0 Å². The number of hydrogen-bond acceptors (Lipinski definition) is 0. The molecule has 0 heterocycles. The molecule has 0 N–H and O–H groups in total. The first-order valence-electron chi connectivity index (χ1n) is 3.68. The molecular weight excluding hydrogens is 108 g/mol. The minimum atomic E-state index is 0.815. The summed E-state index contributed by atoms with van der Waals surface area (Å²) in [5, 5.41) is 0. The summed E-state index contributed by atoms with van der Waals surface area (Å²) in [6.07, 6.45) is 9.35. The largest absolute Gasteiger partial charge is 0.0837 e. The van der Waals surface area contributed by atoms with Gasteiger partial charge in [-0.2, -0.15) is 0 Å². The van der Waals surface area contributed by atoms with Crippen molar-refractivity contribution in [2.45, 2.75) is 26.7 Å². The Balaban J connectivity index is 2.55. The van der Waals surface area contributed by atoms with E-state index in [1.54, 1.807) is 0 Å². The molecule has 50 valence electrons. The van der Waals surface area contributed by atoms with Crippen LogP contribution in [0.1, 0.15) is 26.7 Å². The molecule has 1 aliphatic carbocycles. The number of rotatable bonds is 1. The van der Waals surface area contributed by atoms with Gasteiger partial charge in [-0.25, -0.2) is 0 Å². The van der Waals surface area contributed by atoms with Gasteiger partial charge < -0.3 is 0 Å². The monoisotopic (exact) mass is 122 g/mol. The smallest absolute Gasteiger partial charge is 0.0196 e. The fraction of sp³-hybridized carbons (Fsp3) is 0.556. The molecule has 0 bridgehead atoms. The van der Waals surface area contributed by atoms with E-state index >= 15 is 0 Å². The summed E-state index contributed by atoms with van der Waals surface area (Å²) in [6, 6.07) is 0. The molecule has 1 rings (SSSR count). The Morgan fingerprint density at radius 1 is 1.67 bits per heavy atom. The predicted octanol–water partition coefficient (Wildman–Crippen LogP) is 2.92. The molecule has 0 unspecified atom stereocenters.